The molecule has 2 N–H and O–H groups in total. The summed E-state index contributed by atoms with van der Waals surface area (Å²) in [5.74, 6) is 1.35. The van der Waals surface area contributed by atoms with Crippen LogP contribution in [0.5, 0.6) is 0 Å². The first-order valence-corrected chi connectivity index (χ1v) is 12.9. The van der Waals surface area contributed by atoms with Gasteiger partial charge in [-0.05, 0) is 42.5 Å². The minimum Gasteiger partial charge on any atom is -0.356 e. The molecule has 0 bridgehead atoms. The van der Waals surface area contributed by atoms with E-state index in [1.165, 1.54) is 12.1 Å². The maximum absolute atomic E-state index is 12.5. The van der Waals surface area contributed by atoms with E-state index < -0.39 is 4.92 Å². The number of hydrogen-bond donors (Lipinski definition) is 2. The second kappa shape index (κ2) is 9.82. The van der Waals surface area contributed by atoms with Crippen molar-refractivity contribution in [1.82, 2.24) is 25.1 Å². The molecule has 39 heavy (non-hydrogen) atoms. The number of amides is 1. The summed E-state index contributed by atoms with van der Waals surface area (Å²) >= 11 is 0. The number of nitro benzene ring substituents is 1. The van der Waals surface area contributed by atoms with Crippen LogP contribution in [0.3, 0.4) is 0 Å². The van der Waals surface area contributed by atoms with Gasteiger partial charge in [-0.25, -0.2) is 4.98 Å². The van der Waals surface area contributed by atoms with Gasteiger partial charge in [-0.15, -0.1) is 0 Å². The van der Waals surface area contributed by atoms with Crippen molar-refractivity contribution in [2.24, 2.45) is 12.5 Å². The Labute approximate surface area is 225 Å². The lowest BCUT2D eigenvalue weighted by Gasteiger charge is -2.38. The Balaban J connectivity index is 1.31. The lowest BCUT2D eigenvalue weighted by atomic mass is 9.77. The first kappa shape index (κ1) is 24.5. The normalized spacial score (nSPS) is 16.3. The standard InChI is InChI=1S/C28H28N8O3/c1-34-18-21(16-31-34)19-2-4-20(5-3-19)24-17-30-27(32-22-6-8-23(9-7-22)36(38)39)33-25(24)35-14-11-28(12-15-35)10-13-29-26(28)37/h2-9,16-18H,10-15H2,1H3,(H,29,37)(H,30,32,33). The lowest BCUT2D eigenvalue weighted by Crippen LogP contribution is -2.44. The first-order valence-electron chi connectivity index (χ1n) is 12.9. The number of nitro groups is 1. The van der Waals surface area contributed by atoms with Crippen molar-refractivity contribution in [3.05, 3.63) is 77.2 Å². The smallest absolute Gasteiger partial charge is 0.269 e. The van der Waals surface area contributed by atoms with Crippen molar-refractivity contribution >= 4 is 29.0 Å². The van der Waals surface area contributed by atoms with Crippen molar-refractivity contribution in [2.45, 2.75) is 19.3 Å². The fourth-order valence-corrected chi connectivity index (χ4v) is 5.43. The number of aromatic nitrogens is 4. The Hall–Kier alpha value is -4.80. The van der Waals surface area contributed by atoms with Crippen LogP contribution in [-0.4, -0.2) is 50.2 Å². The molecule has 11 heteroatoms. The molecule has 2 aromatic heterocycles. The van der Waals surface area contributed by atoms with Gasteiger partial charge in [-0.3, -0.25) is 19.6 Å². The van der Waals surface area contributed by atoms with E-state index in [1.807, 2.05) is 25.6 Å². The summed E-state index contributed by atoms with van der Waals surface area (Å²) in [5.41, 5.74) is 4.38. The number of benzene rings is 2. The van der Waals surface area contributed by atoms with Gasteiger partial charge in [0.05, 0.1) is 16.5 Å². The highest BCUT2D eigenvalue weighted by molar-refractivity contribution is 5.85. The van der Waals surface area contributed by atoms with Crippen LogP contribution in [0.15, 0.2) is 67.1 Å². The van der Waals surface area contributed by atoms with Crippen molar-refractivity contribution in [3.63, 3.8) is 0 Å². The van der Waals surface area contributed by atoms with E-state index >= 15 is 0 Å². The first-order chi connectivity index (χ1) is 18.9. The quantitative estimate of drug-likeness (QED) is 0.282. The second-order valence-corrected chi connectivity index (χ2v) is 10.1. The molecule has 6 rings (SSSR count). The van der Waals surface area contributed by atoms with E-state index in [1.54, 1.807) is 16.8 Å². The molecule has 2 aliphatic heterocycles. The zero-order chi connectivity index (χ0) is 27.0. The maximum Gasteiger partial charge on any atom is 0.269 e. The zero-order valence-corrected chi connectivity index (χ0v) is 21.5. The Kier molecular flexibility index (Phi) is 6.18. The number of hydrogen-bond acceptors (Lipinski definition) is 8. The Morgan fingerprint density at radius 1 is 0.974 bits per heavy atom. The highest BCUT2D eigenvalue weighted by Gasteiger charge is 2.44. The highest BCUT2D eigenvalue weighted by atomic mass is 16.6. The number of nitrogens with zero attached hydrogens (tertiary/aromatic N) is 6. The number of non-ortho nitro benzene ring substituents is 1. The fraction of sp³-hybridized carbons (Fsp3) is 0.286. The summed E-state index contributed by atoms with van der Waals surface area (Å²) in [7, 11) is 1.89. The third kappa shape index (κ3) is 4.78. The van der Waals surface area contributed by atoms with E-state index in [0.717, 1.165) is 53.9 Å². The van der Waals surface area contributed by atoms with Crippen molar-refractivity contribution < 1.29 is 9.72 Å². The van der Waals surface area contributed by atoms with E-state index in [0.29, 0.717) is 24.7 Å². The van der Waals surface area contributed by atoms with Gasteiger partial charge in [0.25, 0.3) is 5.69 Å². The molecule has 0 radical (unpaired) electrons. The molecule has 2 aromatic carbocycles. The molecule has 1 spiro atoms. The average Bonchev–Trinajstić information content (AvgIpc) is 3.55. The van der Waals surface area contributed by atoms with Crippen LogP contribution < -0.4 is 15.5 Å². The third-order valence-electron chi connectivity index (χ3n) is 7.73. The van der Waals surface area contributed by atoms with E-state index in [4.69, 9.17) is 4.98 Å². The monoisotopic (exact) mass is 524 g/mol. The van der Waals surface area contributed by atoms with Crippen LogP contribution in [0.25, 0.3) is 22.3 Å². The average molecular weight is 525 g/mol. The second-order valence-electron chi connectivity index (χ2n) is 10.1. The van der Waals surface area contributed by atoms with Crippen LogP contribution >= 0.6 is 0 Å². The molecule has 0 atom stereocenters. The topological polar surface area (TPSA) is 131 Å². The van der Waals surface area contributed by atoms with Gasteiger partial charge >= 0.3 is 0 Å². The Bertz CT molecular complexity index is 1520. The number of carbonyl (C=O) groups is 1. The van der Waals surface area contributed by atoms with Crippen molar-refractivity contribution in [1.29, 1.82) is 0 Å². The molecule has 4 aromatic rings. The predicted molar refractivity (Wildman–Crippen MR) is 148 cm³/mol. The third-order valence-corrected chi connectivity index (χ3v) is 7.73. The molecular formula is C28H28N8O3. The van der Waals surface area contributed by atoms with Gasteiger partial charge in [-0.2, -0.15) is 10.1 Å². The zero-order valence-electron chi connectivity index (χ0n) is 21.5. The van der Waals surface area contributed by atoms with Crippen molar-refractivity contribution in [3.8, 4) is 22.3 Å². The van der Waals surface area contributed by atoms with Crippen molar-refractivity contribution in [2.75, 3.05) is 29.9 Å². The van der Waals surface area contributed by atoms with Crippen LogP contribution in [0.4, 0.5) is 23.1 Å². The summed E-state index contributed by atoms with van der Waals surface area (Å²) in [4.78, 5) is 34.8. The molecular weight excluding hydrogens is 496 g/mol. The van der Waals surface area contributed by atoms with Gasteiger partial charge in [0.1, 0.15) is 5.82 Å². The lowest BCUT2D eigenvalue weighted by molar-refractivity contribution is -0.384. The Morgan fingerprint density at radius 3 is 2.31 bits per heavy atom. The van der Waals surface area contributed by atoms with Gasteiger partial charge in [-0.1, -0.05) is 24.3 Å². The predicted octanol–water partition coefficient (Wildman–Crippen LogP) is 4.30. The van der Waals surface area contributed by atoms with Crippen LogP contribution in [0.1, 0.15) is 19.3 Å². The molecule has 11 nitrogen and oxygen atoms in total. The number of aryl methyl sites for hydroxylation is 1. The summed E-state index contributed by atoms with van der Waals surface area (Å²) < 4.78 is 1.78. The largest absolute Gasteiger partial charge is 0.356 e. The number of piperidine rings is 1. The molecule has 0 aliphatic carbocycles. The maximum atomic E-state index is 12.5. The van der Waals surface area contributed by atoms with Crippen LogP contribution in [0, 0.1) is 15.5 Å². The summed E-state index contributed by atoms with van der Waals surface area (Å²) in [6.45, 7) is 2.16. The number of rotatable bonds is 6. The molecule has 2 saturated heterocycles. The molecule has 0 saturated carbocycles. The van der Waals surface area contributed by atoms with E-state index in [9.17, 15) is 14.9 Å². The van der Waals surface area contributed by atoms with Gasteiger partial charge in [0, 0.05) is 68.0 Å². The Morgan fingerprint density at radius 2 is 1.69 bits per heavy atom. The van der Waals surface area contributed by atoms with Gasteiger partial charge in [0.15, 0.2) is 0 Å². The van der Waals surface area contributed by atoms with Crippen LogP contribution in [0.2, 0.25) is 0 Å². The van der Waals surface area contributed by atoms with Crippen LogP contribution in [-0.2, 0) is 11.8 Å². The summed E-state index contributed by atoms with van der Waals surface area (Å²) in [6, 6.07) is 14.4. The number of nitrogens with one attached hydrogen (secondary N) is 2. The molecule has 2 aliphatic rings. The fourth-order valence-electron chi connectivity index (χ4n) is 5.43. The molecule has 2 fully saturated rings. The van der Waals surface area contributed by atoms with E-state index in [-0.39, 0.29) is 17.0 Å². The molecule has 4 heterocycles. The summed E-state index contributed by atoms with van der Waals surface area (Å²) in [6.07, 6.45) is 8.04. The molecule has 198 valence electrons. The minimum atomic E-state index is -0.430. The molecule has 1 amide bonds. The number of carbonyl (C=O) groups excluding carboxylic acids is 1. The highest BCUT2D eigenvalue weighted by Crippen LogP contribution is 2.41. The number of anilines is 3. The summed E-state index contributed by atoms with van der Waals surface area (Å²) in [5, 5.41) is 21.4. The SMILES string of the molecule is Cn1cc(-c2ccc(-c3cnc(Nc4ccc([N+](=O)[O-])cc4)nc3N3CCC4(CCNC4=O)CC3)cc2)cn1. The van der Waals surface area contributed by atoms with Gasteiger partial charge < -0.3 is 15.5 Å². The van der Waals surface area contributed by atoms with E-state index in [2.05, 4.69) is 49.9 Å². The van der Waals surface area contributed by atoms with Gasteiger partial charge in [0.2, 0.25) is 11.9 Å². The molecule has 0 unspecified atom stereocenters. The minimum absolute atomic E-state index is 0.0189.